The van der Waals surface area contributed by atoms with E-state index in [0.717, 1.165) is 5.56 Å². The lowest BCUT2D eigenvalue weighted by atomic mass is 10.0. The molecule has 2 N–H and O–H groups in total. The molecule has 8 heteroatoms. The van der Waals surface area contributed by atoms with Gasteiger partial charge < -0.3 is 10.1 Å². The van der Waals surface area contributed by atoms with Gasteiger partial charge in [-0.1, -0.05) is 36.4 Å². The Bertz CT molecular complexity index is 927. The molecule has 0 saturated carbocycles. The van der Waals surface area contributed by atoms with Gasteiger partial charge >= 0.3 is 5.97 Å². The predicted octanol–water partition coefficient (Wildman–Crippen LogP) is 2.41. The summed E-state index contributed by atoms with van der Waals surface area (Å²) >= 11 is 0. The summed E-state index contributed by atoms with van der Waals surface area (Å²) in [4.78, 5) is 24.5. The zero-order valence-electron chi connectivity index (χ0n) is 16.0. The lowest BCUT2D eigenvalue weighted by Gasteiger charge is -2.18. The highest BCUT2D eigenvalue weighted by Crippen LogP contribution is 2.19. The molecule has 0 fully saturated rings. The molecule has 150 valence electrons. The second-order valence-corrected chi connectivity index (χ2v) is 8.23. The Labute approximate surface area is 165 Å². The second kappa shape index (κ2) is 9.48. The van der Waals surface area contributed by atoms with Gasteiger partial charge in [0, 0.05) is 11.6 Å². The van der Waals surface area contributed by atoms with E-state index in [1.54, 1.807) is 38.1 Å². The van der Waals surface area contributed by atoms with Crippen molar-refractivity contribution < 1.29 is 22.7 Å². The van der Waals surface area contributed by atoms with Gasteiger partial charge in [-0.15, -0.1) is 0 Å². The van der Waals surface area contributed by atoms with Gasteiger partial charge in [-0.2, -0.15) is 0 Å². The SMILES string of the molecule is COC(=O)CC(NC(=O)c1cccc(S(=O)(=O)NC(C)C)c1)c1ccccc1. The molecule has 1 unspecified atom stereocenters. The Kier molecular flexibility index (Phi) is 7.31. The van der Waals surface area contributed by atoms with Gasteiger partial charge in [0.25, 0.3) is 5.91 Å². The van der Waals surface area contributed by atoms with Gasteiger partial charge in [0.2, 0.25) is 10.0 Å². The first-order valence-corrected chi connectivity index (χ1v) is 10.3. The molecule has 7 nitrogen and oxygen atoms in total. The van der Waals surface area contributed by atoms with E-state index < -0.39 is 27.9 Å². The highest BCUT2D eigenvalue weighted by Gasteiger charge is 2.21. The maximum atomic E-state index is 12.7. The van der Waals surface area contributed by atoms with E-state index in [9.17, 15) is 18.0 Å². The van der Waals surface area contributed by atoms with E-state index in [1.165, 1.54) is 31.4 Å². The van der Waals surface area contributed by atoms with Crippen molar-refractivity contribution in [3.8, 4) is 0 Å². The Hall–Kier alpha value is -2.71. The fourth-order valence-electron chi connectivity index (χ4n) is 2.61. The zero-order chi connectivity index (χ0) is 20.7. The average Bonchev–Trinajstić information content (AvgIpc) is 2.67. The van der Waals surface area contributed by atoms with Crippen molar-refractivity contribution in [1.82, 2.24) is 10.0 Å². The Morgan fingerprint density at radius 1 is 1.04 bits per heavy atom. The number of carbonyl (C=O) groups is 2. The first kappa shape index (κ1) is 21.6. The number of sulfonamides is 1. The summed E-state index contributed by atoms with van der Waals surface area (Å²) in [6.07, 6.45) is -0.0425. The topological polar surface area (TPSA) is 102 Å². The standard InChI is InChI=1S/C20H24N2O5S/c1-14(2)22-28(25,26)17-11-7-10-16(12-17)20(24)21-18(13-19(23)27-3)15-8-5-4-6-9-15/h4-12,14,18,22H,13H2,1-3H3,(H,21,24). The Morgan fingerprint density at radius 3 is 2.32 bits per heavy atom. The Balaban J connectivity index is 2.26. The number of amides is 1. The van der Waals surface area contributed by atoms with Gasteiger partial charge in [-0.3, -0.25) is 9.59 Å². The molecule has 2 aromatic carbocycles. The largest absolute Gasteiger partial charge is 0.469 e. The maximum Gasteiger partial charge on any atom is 0.307 e. The van der Waals surface area contributed by atoms with E-state index in [2.05, 4.69) is 10.0 Å². The molecule has 1 amide bonds. The lowest BCUT2D eigenvalue weighted by Crippen LogP contribution is -2.32. The smallest absolute Gasteiger partial charge is 0.307 e. The molecule has 0 spiro atoms. The summed E-state index contributed by atoms with van der Waals surface area (Å²) in [5.74, 6) is -0.953. The van der Waals surface area contributed by atoms with Gasteiger partial charge in [0.15, 0.2) is 0 Å². The number of ether oxygens (including phenoxy) is 1. The van der Waals surface area contributed by atoms with Crippen LogP contribution in [0, 0.1) is 0 Å². The molecule has 0 heterocycles. The second-order valence-electron chi connectivity index (χ2n) is 6.52. The van der Waals surface area contributed by atoms with Crippen molar-refractivity contribution in [2.24, 2.45) is 0 Å². The normalized spacial score (nSPS) is 12.4. The van der Waals surface area contributed by atoms with Crippen molar-refractivity contribution in [3.63, 3.8) is 0 Å². The molecule has 2 rings (SSSR count). The summed E-state index contributed by atoms with van der Waals surface area (Å²) in [6, 6.07) is 13.9. The number of nitrogens with one attached hydrogen (secondary N) is 2. The summed E-state index contributed by atoms with van der Waals surface area (Å²) in [5, 5.41) is 2.78. The number of benzene rings is 2. The number of rotatable bonds is 8. The van der Waals surface area contributed by atoms with Crippen LogP contribution < -0.4 is 10.0 Å². The number of esters is 1. The molecule has 2 aromatic rings. The average molecular weight is 404 g/mol. The van der Waals surface area contributed by atoms with Crippen LogP contribution in [0.15, 0.2) is 59.5 Å². The predicted molar refractivity (Wildman–Crippen MR) is 105 cm³/mol. The van der Waals surface area contributed by atoms with E-state index in [1.807, 2.05) is 6.07 Å². The van der Waals surface area contributed by atoms with Gasteiger partial charge in [0.05, 0.1) is 24.5 Å². The van der Waals surface area contributed by atoms with Crippen LogP contribution in [0.1, 0.15) is 42.2 Å². The molecule has 0 bridgehead atoms. The van der Waals surface area contributed by atoms with E-state index in [0.29, 0.717) is 0 Å². The van der Waals surface area contributed by atoms with E-state index in [4.69, 9.17) is 4.74 Å². The van der Waals surface area contributed by atoms with Crippen LogP contribution in [0.25, 0.3) is 0 Å². The van der Waals surface area contributed by atoms with Crippen molar-refractivity contribution in [3.05, 3.63) is 65.7 Å². The number of hydrogen-bond donors (Lipinski definition) is 2. The van der Waals surface area contributed by atoms with Crippen LogP contribution in [-0.2, 0) is 19.6 Å². The van der Waals surface area contributed by atoms with Crippen molar-refractivity contribution in [1.29, 1.82) is 0 Å². The molecule has 0 aliphatic heterocycles. The summed E-state index contributed by atoms with van der Waals surface area (Å²) in [5.41, 5.74) is 0.920. The molecule has 0 aromatic heterocycles. The molecule has 0 aliphatic carbocycles. The Morgan fingerprint density at radius 2 is 1.71 bits per heavy atom. The third-order valence-electron chi connectivity index (χ3n) is 3.90. The van der Waals surface area contributed by atoms with Crippen molar-refractivity contribution >= 4 is 21.9 Å². The monoisotopic (exact) mass is 404 g/mol. The minimum Gasteiger partial charge on any atom is -0.469 e. The molecular formula is C20H24N2O5S. The molecule has 28 heavy (non-hydrogen) atoms. The lowest BCUT2D eigenvalue weighted by molar-refractivity contribution is -0.141. The number of methoxy groups -OCH3 is 1. The quantitative estimate of drug-likeness (QED) is 0.658. The molecule has 0 saturated heterocycles. The molecule has 0 radical (unpaired) electrons. The molecule has 0 aliphatic rings. The highest BCUT2D eigenvalue weighted by molar-refractivity contribution is 7.89. The van der Waals surface area contributed by atoms with E-state index in [-0.39, 0.29) is 22.9 Å². The summed E-state index contributed by atoms with van der Waals surface area (Å²) in [7, 11) is -2.44. The number of hydrogen-bond acceptors (Lipinski definition) is 5. The van der Waals surface area contributed by atoms with Gasteiger partial charge in [-0.25, -0.2) is 13.1 Å². The van der Waals surface area contributed by atoms with Gasteiger partial charge in [0.1, 0.15) is 0 Å². The van der Waals surface area contributed by atoms with Crippen molar-refractivity contribution in [2.75, 3.05) is 7.11 Å². The zero-order valence-corrected chi connectivity index (χ0v) is 16.8. The number of carbonyl (C=O) groups excluding carboxylic acids is 2. The van der Waals surface area contributed by atoms with Crippen LogP contribution in [0.5, 0.6) is 0 Å². The summed E-state index contributed by atoms with van der Waals surface area (Å²) < 4.78 is 31.9. The molecular weight excluding hydrogens is 380 g/mol. The fraction of sp³-hybridized carbons (Fsp3) is 0.300. The third kappa shape index (κ3) is 5.90. The minimum absolute atomic E-state index is 0.00178. The van der Waals surface area contributed by atoms with Crippen LogP contribution in [-0.4, -0.2) is 33.4 Å². The summed E-state index contributed by atoms with van der Waals surface area (Å²) in [6.45, 7) is 3.43. The highest BCUT2D eigenvalue weighted by atomic mass is 32.2. The van der Waals surface area contributed by atoms with E-state index >= 15 is 0 Å². The van der Waals surface area contributed by atoms with Gasteiger partial charge in [-0.05, 0) is 37.6 Å². The first-order chi connectivity index (χ1) is 13.2. The van der Waals surface area contributed by atoms with Crippen LogP contribution in [0.3, 0.4) is 0 Å². The van der Waals surface area contributed by atoms with Crippen LogP contribution in [0.4, 0.5) is 0 Å². The van der Waals surface area contributed by atoms with Crippen molar-refractivity contribution in [2.45, 2.75) is 37.2 Å². The van der Waals surface area contributed by atoms with Crippen LogP contribution >= 0.6 is 0 Å². The maximum absolute atomic E-state index is 12.7. The molecule has 1 atom stereocenters. The fourth-order valence-corrected chi connectivity index (χ4v) is 3.91. The van der Waals surface area contributed by atoms with Crippen LogP contribution in [0.2, 0.25) is 0 Å². The third-order valence-corrected chi connectivity index (χ3v) is 5.56. The minimum atomic E-state index is -3.72. The first-order valence-electron chi connectivity index (χ1n) is 8.78.